The highest BCUT2D eigenvalue weighted by Gasteiger charge is 2.36. The third-order valence-corrected chi connectivity index (χ3v) is 4.68. The van der Waals surface area contributed by atoms with Gasteiger partial charge in [-0.1, -0.05) is 0 Å². The van der Waals surface area contributed by atoms with E-state index in [1.54, 1.807) is 0 Å². The number of likely N-dealkylation sites (tertiary alicyclic amines) is 1. The molecular formula is C16H25N3O. The number of amides is 1. The van der Waals surface area contributed by atoms with E-state index in [4.69, 9.17) is 0 Å². The van der Waals surface area contributed by atoms with Crippen LogP contribution in [0.5, 0.6) is 0 Å². The van der Waals surface area contributed by atoms with E-state index in [0.29, 0.717) is 18.1 Å². The molecule has 0 aromatic carbocycles. The highest BCUT2D eigenvalue weighted by Crippen LogP contribution is 2.27. The molecule has 0 aliphatic carbocycles. The minimum absolute atomic E-state index is 0.208. The molecule has 2 saturated heterocycles. The van der Waals surface area contributed by atoms with E-state index in [0.717, 1.165) is 31.6 Å². The van der Waals surface area contributed by atoms with Gasteiger partial charge in [0.25, 0.3) is 5.91 Å². The van der Waals surface area contributed by atoms with Crippen LogP contribution in [0.3, 0.4) is 0 Å². The van der Waals surface area contributed by atoms with Crippen LogP contribution in [-0.4, -0.2) is 40.5 Å². The van der Waals surface area contributed by atoms with Gasteiger partial charge >= 0.3 is 0 Å². The smallest absolute Gasteiger partial charge is 0.270 e. The predicted molar refractivity (Wildman–Crippen MR) is 79.9 cm³/mol. The monoisotopic (exact) mass is 275 g/mol. The lowest BCUT2D eigenvalue weighted by Gasteiger charge is -2.30. The Kier molecular flexibility index (Phi) is 3.83. The van der Waals surface area contributed by atoms with Crippen LogP contribution >= 0.6 is 0 Å². The summed E-state index contributed by atoms with van der Waals surface area (Å²) in [7, 11) is 0. The van der Waals surface area contributed by atoms with Gasteiger partial charge in [-0.25, -0.2) is 0 Å². The van der Waals surface area contributed by atoms with Gasteiger partial charge in [0.15, 0.2) is 0 Å². The van der Waals surface area contributed by atoms with Crippen LogP contribution < -0.4 is 5.32 Å². The van der Waals surface area contributed by atoms with Crippen molar-refractivity contribution in [1.29, 1.82) is 0 Å². The fraction of sp³-hybridized carbons (Fsp3) is 0.688. The SMILES string of the molecule is CC(C)n1cccc1C(=O)N1CCCC1C1CCCN1. The molecule has 20 heavy (non-hydrogen) atoms. The fourth-order valence-electron chi connectivity index (χ4n) is 3.68. The van der Waals surface area contributed by atoms with Gasteiger partial charge in [-0.2, -0.15) is 0 Å². The molecule has 1 N–H and O–H groups in total. The molecule has 0 saturated carbocycles. The molecule has 2 aliphatic heterocycles. The number of hydrogen-bond acceptors (Lipinski definition) is 2. The Bertz CT molecular complexity index is 474. The predicted octanol–water partition coefficient (Wildman–Crippen LogP) is 2.43. The van der Waals surface area contributed by atoms with E-state index in [1.807, 2.05) is 18.3 Å². The van der Waals surface area contributed by atoms with Crippen molar-refractivity contribution in [3.05, 3.63) is 24.0 Å². The van der Waals surface area contributed by atoms with E-state index < -0.39 is 0 Å². The number of aromatic nitrogens is 1. The first-order valence-electron chi connectivity index (χ1n) is 7.89. The number of nitrogens with zero attached hydrogens (tertiary/aromatic N) is 2. The Balaban J connectivity index is 1.80. The first-order chi connectivity index (χ1) is 9.68. The van der Waals surface area contributed by atoms with E-state index in [-0.39, 0.29) is 5.91 Å². The zero-order valence-corrected chi connectivity index (χ0v) is 12.5. The van der Waals surface area contributed by atoms with Gasteiger partial charge < -0.3 is 14.8 Å². The van der Waals surface area contributed by atoms with Gasteiger partial charge in [0.05, 0.1) is 0 Å². The molecule has 4 nitrogen and oxygen atoms in total. The molecule has 1 aromatic rings. The maximum absolute atomic E-state index is 12.9. The molecule has 2 atom stereocenters. The van der Waals surface area contributed by atoms with Crippen molar-refractivity contribution >= 4 is 5.91 Å². The molecule has 3 rings (SSSR count). The van der Waals surface area contributed by atoms with Gasteiger partial charge in [0.1, 0.15) is 5.69 Å². The van der Waals surface area contributed by atoms with Crippen molar-refractivity contribution in [3.63, 3.8) is 0 Å². The Morgan fingerprint density at radius 2 is 2.20 bits per heavy atom. The van der Waals surface area contributed by atoms with Crippen molar-refractivity contribution in [2.24, 2.45) is 0 Å². The molecule has 110 valence electrons. The average molecular weight is 275 g/mol. The van der Waals surface area contributed by atoms with Gasteiger partial charge in [-0.15, -0.1) is 0 Å². The molecule has 2 aliphatic rings. The Hall–Kier alpha value is -1.29. The third kappa shape index (κ3) is 2.37. The number of nitrogens with one attached hydrogen (secondary N) is 1. The largest absolute Gasteiger partial charge is 0.341 e. The van der Waals surface area contributed by atoms with Gasteiger partial charge in [0.2, 0.25) is 0 Å². The van der Waals surface area contributed by atoms with Crippen molar-refractivity contribution in [2.75, 3.05) is 13.1 Å². The van der Waals surface area contributed by atoms with E-state index in [9.17, 15) is 4.79 Å². The first kappa shape index (κ1) is 13.7. The molecule has 0 spiro atoms. The van der Waals surface area contributed by atoms with Crippen LogP contribution in [0.4, 0.5) is 0 Å². The molecule has 4 heteroatoms. The van der Waals surface area contributed by atoms with Crippen molar-refractivity contribution in [3.8, 4) is 0 Å². The normalized spacial score (nSPS) is 26.6. The third-order valence-electron chi connectivity index (χ3n) is 4.68. The molecule has 1 amide bonds. The molecule has 1 aromatic heterocycles. The standard InChI is InChI=1S/C16H25N3O/c1-12(2)18-10-5-8-15(18)16(20)19-11-4-7-14(19)13-6-3-9-17-13/h5,8,10,12-14,17H,3-4,6-7,9,11H2,1-2H3. The van der Waals surface area contributed by atoms with Gasteiger partial charge in [-0.3, -0.25) is 4.79 Å². The van der Waals surface area contributed by atoms with Gasteiger partial charge in [0, 0.05) is 30.9 Å². The highest BCUT2D eigenvalue weighted by molar-refractivity contribution is 5.93. The van der Waals surface area contributed by atoms with E-state index in [1.165, 1.54) is 12.8 Å². The minimum atomic E-state index is 0.208. The second kappa shape index (κ2) is 5.60. The first-order valence-corrected chi connectivity index (χ1v) is 7.89. The van der Waals surface area contributed by atoms with Crippen LogP contribution in [0.25, 0.3) is 0 Å². The summed E-state index contributed by atoms with van der Waals surface area (Å²) in [6, 6.07) is 5.16. The fourth-order valence-corrected chi connectivity index (χ4v) is 3.68. The van der Waals surface area contributed by atoms with Crippen LogP contribution in [0.1, 0.15) is 56.1 Å². The second-order valence-corrected chi connectivity index (χ2v) is 6.31. The number of hydrogen-bond donors (Lipinski definition) is 1. The highest BCUT2D eigenvalue weighted by atomic mass is 16.2. The summed E-state index contributed by atoms with van der Waals surface area (Å²) < 4.78 is 2.08. The molecule has 2 fully saturated rings. The van der Waals surface area contributed by atoms with E-state index >= 15 is 0 Å². The quantitative estimate of drug-likeness (QED) is 0.920. The Labute approximate surface area is 121 Å². The van der Waals surface area contributed by atoms with E-state index in [2.05, 4.69) is 28.6 Å². The Morgan fingerprint density at radius 3 is 2.90 bits per heavy atom. The van der Waals surface area contributed by atoms with Crippen molar-refractivity contribution in [1.82, 2.24) is 14.8 Å². The molecule has 3 heterocycles. The summed E-state index contributed by atoms with van der Waals surface area (Å²) >= 11 is 0. The maximum Gasteiger partial charge on any atom is 0.270 e. The van der Waals surface area contributed by atoms with Crippen LogP contribution in [0.2, 0.25) is 0 Å². The lowest BCUT2D eigenvalue weighted by atomic mass is 10.0. The maximum atomic E-state index is 12.9. The summed E-state index contributed by atoms with van der Waals surface area (Å²) in [6.07, 6.45) is 6.74. The molecular weight excluding hydrogens is 250 g/mol. The minimum Gasteiger partial charge on any atom is -0.341 e. The summed E-state index contributed by atoms with van der Waals surface area (Å²) in [5, 5.41) is 3.57. The number of carbonyl (C=O) groups is 1. The lowest BCUT2D eigenvalue weighted by molar-refractivity contribution is 0.0698. The molecule has 0 bridgehead atoms. The zero-order chi connectivity index (χ0) is 14.1. The average Bonchev–Trinajstić information content (AvgIpc) is 3.17. The van der Waals surface area contributed by atoms with Crippen LogP contribution in [0.15, 0.2) is 18.3 Å². The summed E-state index contributed by atoms with van der Waals surface area (Å²) in [4.78, 5) is 15.0. The Morgan fingerprint density at radius 1 is 1.35 bits per heavy atom. The van der Waals surface area contributed by atoms with Crippen molar-refractivity contribution in [2.45, 2.75) is 57.7 Å². The second-order valence-electron chi connectivity index (χ2n) is 6.31. The molecule has 2 unspecified atom stereocenters. The van der Waals surface area contributed by atoms with Crippen molar-refractivity contribution < 1.29 is 4.79 Å². The summed E-state index contributed by atoms with van der Waals surface area (Å²) in [5.74, 6) is 0.208. The van der Waals surface area contributed by atoms with Crippen LogP contribution in [-0.2, 0) is 0 Å². The van der Waals surface area contributed by atoms with Gasteiger partial charge in [-0.05, 0) is 58.2 Å². The summed E-state index contributed by atoms with van der Waals surface area (Å²) in [5.41, 5.74) is 0.838. The zero-order valence-electron chi connectivity index (χ0n) is 12.5. The summed E-state index contributed by atoms with van der Waals surface area (Å²) in [6.45, 7) is 6.25. The van der Waals surface area contributed by atoms with Crippen LogP contribution in [0, 0.1) is 0 Å². The topological polar surface area (TPSA) is 37.3 Å². The number of rotatable bonds is 3. The lowest BCUT2D eigenvalue weighted by Crippen LogP contribution is -2.47. The molecule has 0 radical (unpaired) electrons. The number of carbonyl (C=O) groups excluding carboxylic acids is 1.